The van der Waals surface area contributed by atoms with E-state index in [0.29, 0.717) is 19.3 Å². The Kier molecular flexibility index (Phi) is 5.17. The molecule has 0 saturated heterocycles. The summed E-state index contributed by atoms with van der Waals surface area (Å²) in [6, 6.07) is -0.134. The Morgan fingerprint density at radius 1 is 1.46 bits per heavy atom. The van der Waals surface area contributed by atoms with E-state index < -0.39 is 9.84 Å². The summed E-state index contributed by atoms with van der Waals surface area (Å²) in [5.74, 6) is 0.121. The van der Waals surface area contributed by atoms with Crippen LogP contribution in [-0.4, -0.2) is 32.3 Å². The van der Waals surface area contributed by atoms with Crippen LogP contribution in [0.15, 0.2) is 0 Å². The van der Waals surface area contributed by atoms with Crippen molar-refractivity contribution in [2.24, 2.45) is 5.73 Å². The monoisotopic (exact) mass is 207 g/mol. The second-order valence-electron chi connectivity index (χ2n) is 3.45. The first-order valence-electron chi connectivity index (χ1n) is 4.26. The summed E-state index contributed by atoms with van der Waals surface area (Å²) in [6.45, 7) is 1.76. The van der Waals surface area contributed by atoms with Gasteiger partial charge < -0.3 is 5.73 Å². The fourth-order valence-electron chi connectivity index (χ4n) is 0.993. The van der Waals surface area contributed by atoms with E-state index in [1.165, 1.54) is 6.26 Å². The molecule has 0 fully saturated rings. The van der Waals surface area contributed by atoms with Gasteiger partial charge in [-0.3, -0.25) is 4.79 Å². The number of rotatable bonds is 6. The zero-order chi connectivity index (χ0) is 10.5. The van der Waals surface area contributed by atoms with Crippen LogP contribution in [-0.2, 0) is 14.6 Å². The highest BCUT2D eigenvalue weighted by Crippen LogP contribution is 1.99. The predicted molar refractivity (Wildman–Crippen MR) is 52.2 cm³/mol. The Hall–Kier alpha value is -0.420. The van der Waals surface area contributed by atoms with Gasteiger partial charge in [0.05, 0.1) is 5.75 Å². The SMILES string of the molecule is CC(N)CC(=O)CCCS(C)(=O)=O. The van der Waals surface area contributed by atoms with E-state index in [0.717, 1.165) is 0 Å². The standard InChI is InChI=1S/C8H17NO3S/c1-7(9)6-8(10)4-3-5-13(2,11)12/h7H,3-6,9H2,1-2H3. The first kappa shape index (κ1) is 12.6. The molecular formula is C8H17NO3S. The van der Waals surface area contributed by atoms with Crippen molar-refractivity contribution in [1.82, 2.24) is 0 Å². The molecule has 0 aromatic carbocycles. The summed E-state index contributed by atoms with van der Waals surface area (Å²) < 4.78 is 21.4. The zero-order valence-electron chi connectivity index (χ0n) is 8.12. The van der Waals surface area contributed by atoms with Crippen LogP contribution in [0.3, 0.4) is 0 Å². The molecule has 0 aliphatic heterocycles. The van der Waals surface area contributed by atoms with E-state index in [9.17, 15) is 13.2 Å². The van der Waals surface area contributed by atoms with Crippen molar-refractivity contribution in [2.75, 3.05) is 12.0 Å². The van der Waals surface area contributed by atoms with Crippen LogP contribution in [0, 0.1) is 0 Å². The minimum absolute atomic E-state index is 0.0404. The number of hydrogen-bond acceptors (Lipinski definition) is 4. The summed E-state index contributed by atoms with van der Waals surface area (Å²) in [5.41, 5.74) is 5.41. The minimum atomic E-state index is -2.93. The molecule has 4 nitrogen and oxygen atoms in total. The third-order valence-corrected chi connectivity index (χ3v) is 2.55. The Labute approximate surface area is 79.4 Å². The number of ketones is 1. The maximum atomic E-state index is 11.1. The Morgan fingerprint density at radius 3 is 2.38 bits per heavy atom. The van der Waals surface area contributed by atoms with Crippen molar-refractivity contribution in [1.29, 1.82) is 0 Å². The van der Waals surface area contributed by atoms with Gasteiger partial charge in [-0.25, -0.2) is 8.42 Å². The lowest BCUT2D eigenvalue weighted by Gasteiger charge is -2.03. The Balaban J connectivity index is 3.61. The first-order chi connectivity index (χ1) is 5.81. The van der Waals surface area contributed by atoms with Crippen LogP contribution in [0.2, 0.25) is 0 Å². The van der Waals surface area contributed by atoms with Gasteiger partial charge in [0, 0.05) is 25.1 Å². The third-order valence-electron chi connectivity index (χ3n) is 1.52. The van der Waals surface area contributed by atoms with Crippen molar-refractivity contribution in [3.05, 3.63) is 0 Å². The van der Waals surface area contributed by atoms with Crippen LogP contribution >= 0.6 is 0 Å². The smallest absolute Gasteiger partial charge is 0.147 e. The molecule has 0 aliphatic carbocycles. The van der Waals surface area contributed by atoms with Gasteiger partial charge >= 0.3 is 0 Å². The van der Waals surface area contributed by atoms with Crippen LogP contribution < -0.4 is 5.73 Å². The molecule has 2 N–H and O–H groups in total. The largest absolute Gasteiger partial charge is 0.328 e. The van der Waals surface area contributed by atoms with E-state index in [2.05, 4.69) is 0 Å². The van der Waals surface area contributed by atoms with Crippen LogP contribution in [0.1, 0.15) is 26.2 Å². The Morgan fingerprint density at radius 2 is 2.00 bits per heavy atom. The first-order valence-corrected chi connectivity index (χ1v) is 6.32. The van der Waals surface area contributed by atoms with Gasteiger partial charge in [-0.15, -0.1) is 0 Å². The molecule has 0 heterocycles. The molecule has 5 heteroatoms. The molecule has 0 bridgehead atoms. The summed E-state index contributed by atoms with van der Waals surface area (Å²) in [4.78, 5) is 11.1. The lowest BCUT2D eigenvalue weighted by Crippen LogP contribution is -2.19. The topological polar surface area (TPSA) is 77.2 Å². The molecule has 0 amide bonds. The fraction of sp³-hybridized carbons (Fsp3) is 0.875. The normalized spacial score (nSPS) is 14.1. The second-order valence-corrected chi connectivity index (χ2v) is 5.71. The molecule has 0 rings (SSSR count). The van der Waals surface area contributed by atoms with Crippen molar-refractivity contribution in [3.63, 3.8) is 0 Å². The third kappa shape index (κ3) is 9.49. The molecule has 0 aromatic rings. The maximum Gasteiger partial charge on any atom is 0.147 e. The number of sulfone groups is 1. The van der Waals surface area contributed by atoms with Gasteiger partial charge in [0.2, 0.25) is 0 Å². The quantitative estimate of drug-likeness (QED) is 0.671. The van der Waals surface area contributed by atoms with E-state index >= 15 is 0 Å². The predicted octanol–water partition coefficient (Wildman–Crippen LogP) is 0.118. The lowest BCUT2D eigenvalue weighted by atomic mass is 10.1. The molecule has 13 heavy (non-hydrogen) atoms. The average molecular weight is 207 g/mol. The van der Waals surface area contributed by atoms with E-state index in [1.54, 1.807) is 6.92 Å². The molecule has 0 aromatic heterocycles. The second kappa shape index (κ2) is 5.34. The molecule has 1 atom stereocenters. The van der Waals surface area contributed by atoms with Gasteiger partial charge in [0.1, 0.15) is 15.6 Å². The summed E-state index contributed by atoms with van der Waals surface area (Å²) in [5, 5.41) is 0. The van der Waals surface area contributed by atoms with Crippen molar-refractivity contribution >= 4 is 15.6 Å². The zero-order valence-corrected chi connectivity index (χ0v) is 8.93. The fourth-order valence-corrected chi connectivity index (χ4v) is 1.66. The van der Waals surface area contributed by atoms with Gasteiger partial charge in [-0.1, -0.05) is 0 Å². The van der Waals surface area contributed by atoms with Crippen molar-refractivity contribution in [3.8, 4) is 0 Å². The van der Waals surface area contributed by atoms with Crippen molar-refractivity contribution in [2.45, 2.75) is 32.2 Å². The molecule has 0 spiro atoms. The average Bonchev–Trinajstić information content (AvgIpc) is 1.81. The van der Waals surface area contributed by atoms with Crippen LogP contribution in [0.4, 0.5) is 0 Å². The molecular weight excluding hydrogens is 190 g/mol. The number of nitrogens with two attached hydrogens (primary N) is 1. The van der Waals surface area contributed by atoms with Crippen LogP contribution in [0.5, 0.6) is 0 Å². The molecule has 1 unspecified atom stereocenters. The van der Waals surface area contributed by atoms with Crippen LogP contribution in [0.25, 0.3) is 0 Å². The summed E-state index contributed by atoms with van der Waals surface area (Å²) in [7, 11) is -2.93. The van der Waals surface area contributed by atoms with Gasteiger partial charge in [-0.2, -0.15) is 0 Å². The van der Waals surface area contributed by atoms with Gasteiger partial charge in [0.25, 0.3) is 0 Å². The summed E-state index contributed by atoms with van der Waals surface area (Å²) in [6.07, 6.45) is 2.23. The number of carbonyl (C=O) groups is 1. The molecule has 78 valence electrons. The highest BCUT2D eigenvalue weighted by molar-refractivity contribution is 7.90. The molecule has 0 saturated carbocycles. The lowest BCUT2D eigenvalue weighted by molar-refractivity contribution is -0.119. The highest BCUT2D eigenvalue weighted by Gasteiger charge is 2.07. The summed E-state index contributed by atoms with van der Waals surface area (Å²) >= 11 is 0. The Bertz CT molecular complexity index is 257. The minimum Gasteiger partial charge on any atom is -0.328 e. The van der Waals surface area contributed by atoms with Gasteiger partial charge in [0.15, 0.2) is 0 Å². The van der Waals surface area contributed by atoms with Gasteiger partial charge in [-0.05, 0) is 13.3 Å². The van der Waals surface area contributed by atoms with E-state index in [4.69, 9.17) is 5.73 Å². The number of carbonyl (C=O) groups excluding carboxylic acids is 1. The molecule has 0 radical (unpaired) electrons. The maximum absolute atomic E-state index is 11.1. The van der Waals surface area contributed by atoms with E-state index in [1.807, 2.05) is 0 Å². The molecule has 0 aliphatic rings. The van der Waals surface area contributed by atoms with Crippen molar-refractivity contribution < 1.29 is 13.2 Å². The highest BCUT2D eigenvalue weighted by atomic mass is 32.2. The number of hydrogen-bond donors (Lipinski definition) is 1. The number of Topliss-reactive ketones (excluding diaryl/α,β-unsaturated/α-hetero) is 1. The van der Waals surface area contributed by atoms with E-state index in [-0.39, 0.29) is 17.6 Å².